The molecule has 4 atom stereocenters. The molecule has 2 aliphatic heterocycles. The second-order valence-electron chi connectivity index (χ2n) is 9.31. The van der Waals surface area contributed by atoms with Crippen LogP contribution in [0.5, 0.6) is 6.01 Å². The van der Waals surface area contributed by atoms with E-state index in [9.17, 15) is 9.90 Å². The summed E-state index contributed by atoms with van der Waals surface area (Å²) < 4.78 is 18.8. The summed E-state index contributed by atoms with van der Waals surface area (Å²) >= 11 is 6.59. The molecule has 2 fully saturated rings. The lowest BCUT2D eigenvalue weighted by Crippen LogP contribution is -2.34. The SMILES string of the molecule is O=c1[nH]ccn1-c1ccc(-c2ccc(-c3nc4nc(OC5COC6C(O)COC56)[nH]c4cc3Cl)cc2)cc1. The summed E-state index contributed by atoms with van der Waals surface area (Å²) in [6.07, 6.45) is 1.57. The zero-order chi connectivity index (χ0) is 25.8. The van der Waals surface area contributed by atoms with E-state index in [4.69, 9.17) is 25.8 Å². The van der Waals surface area contributed by atoms with Gasteiger partial charge in [0.25, 0.3) is 6.01 Å². The fraction of sp³-hybridized carbons (Fsp3) is 0.222. The molecule has 0 aliphatic carbocycles. The summed E-state index contributed by atoms with van der Waals surface area (Å²) in [4.78, 5) is 26.8. The van der Waals surface area contributed by atoms with Crippen molar-refractivity contribution >= 4 is 22.8 Å². The number of fused-ring (bicyclic) bond motifs is 2. The van der Waals surface area contributed by atoms with Crippen molar-refractivity contribution in [3.8, 4) is 34.1 Å². The van der Waals surface area contributed by atoms with E-state index in [1.54, 1.807) is 23.0 Å². The number of H-pyrrole nitrogens is 2. The summed E-state index contributed by atoms with van der Waals surface area (Å²) in [7, 11) is 0. The standard InChI is InChI=1S/C27H22ClN5O5/c28-18-11-19-25(32-26(30-19)38-21-13-37-23-20(34)12-36-24(21)23)31-22(18)16-3-1-14(2-4-16)15-5-7-17(8-6-15)33-10-9-29-27(33)35/h1-11,20-21,23-24,34H,12-13H2,(H,29,35)(H,30,31,32). The minimum Gasteiger partial charge on any atom is -0.456 e. The smallest absolute Gasteiger partial charge is 0.330 e. The van der Waals surface area contributed by atoms with E-state index in [1.165, 1.54) is 0 Å². The zero-order valence-corrected chi connectivity index (χ0v) is 20.6. The van der Waals surface area contributed by atoms with Crippen molar-refractivity contribution in [2.75, 3.05) is 13.2 Å². The van der Waals surface area contributed by atoms with E-state index >= 15 is 0 Å². The third-order valence-electron chi connectivity index (χ3n) is 6.94. The van der Waals surface area contributed by atoms with Crippen LogP contribution in [0.15, 0.2) is 71.8 Å². The number of pyridine rings is 1. The number of aromatic nitrogens is 5. The number of halogens is 1. The molecule has 0 amide bonds. The average Bonchev–Trinajstić information content (AvgIpc) is 3.71. The van der Waals surface area contributed by atoms with E-state index < -0.39 is 6.10 Å². The molecule has 0 radical (unpaired) electrons. The largest absolute Gasteiger partial charge is 0.456 e. The van der Waals surface area contributed by atoms with Gasteiger partial charge in [-0.25, -0.2) is 9.78 Å². The van der Waals surface area contributed by atoms with E-state index in [0.717, 1.165) is 22.4 Å². The molecule has 2 saturated heterocycles. The molecular weight excluding hydrogens is 510 g/mol. The van der Waals surface area contributed by atoms with Crippen molar-refractivity contribution in [1.29, 1.82) is 0 Å². The van der Waals surface area contributed by atoms with Gasteiger partial charge in [-0.2, -0.15) is 4.98 Å². The maximum absolute atomic E-state index is 11.8. The fourth-order valence-corrected chi connectivity index (χ4v) is 5.26. The first-order valence-corrected chi connectivity index (χ1v) is 12.5. The first-order chi connectivity index (χ1) is 18.5. The van der Waals surface area contributed by atoms with Crippen molar-refractivity contribution in [2.45, 2.75) is 24.4 Å². The van der Waals surface area contributed by atoms with Crippen LogP contribution >= 0.6 is 11.6 Å². The van der Waals surface area contributed by atoms with Crippen LogP contribution in [0.25, 0.3) is 39.2 Å². The Morgan fingerprint density at radius 2 is 1.68 bits per heavy atom. The lowest BCUT2D eigenvalue weighted by Gasteiger charge is -2.15. The van der Waals surface area contributed by atoms with Gasteiger partial charge in [0.1, 0.15) is 18.3 Å². The van der Waals surface area contributed by atoms with Crippen LogP contribution in [0, 0.1) is 0 Å². The second kappa shape index (κ2) is 9.10. The topological polar surface area (TPSA) is 127 Å². The van der Waals surface area contributed by atoms with Crippen LogP contribution in [0.4, 0.5) is 0 Å². The molecule has 11 heteroatoms. The lowest BCUT2D eigenvalue weighted by molar-refractivity contribution is 0.00706. The number of benzene rings is 2. The van der Waals surface area contributed by atoms with Gasteiger partial charge in [0.15, 0.2) is 11.8 Å². The normalized spacial score (nSPS) is 22.7. The van der Waals surface area contributed by atoms with Crippen molar-refractivity contribution in [3.05, 3.63) is 82.5 Å². The van der Waals surface area contributed by atoms with E-state index in [1.807, 2.05) is 48.5 Å². The molecule has 10 nitrogen and oxygen atoms in total. The Bertz CT molecular complexity index is 1680. The second-order valence-corrected chi connectivity index (χ2v) is 9.72. The average molecular weight is 532 g/mol. The van der Waals surface area contributed by atoms with Crippen LogP contribution in [0.2, 0.25) is 5.02 Å². The number of aromatic amines is 2. The van der Waals surface area contributed by atoms with Crippen molar-refractivity contribution in [2.24, 2.45) is 0 Å². The first-order valence-electron chi connectivity index (χ1n) is 12.1. The molecule has 0 spiro atoms. The molecule has 2 aromatic carbocycles. The van der Waals surface area contributed by atoms with Crippen LogP contribution in [0.3, 0.4) is 0 Å². The minimum absolute atomic E-state index is 0.178. The number of nitrogens with one attached hydrogen (secondary N) is 2. The Morgan fingerprint density at radius 3 is 2.42 bits per heavy atom. The maximum atomic E-state index is 11.8. The van der Waals surface area contributed by atoms with Gasteiger partial charge in [0, 0.05) is 18.0 Å². The highest BCUT2D eigenvalue weighted by atomic mass is 35.5. The molecule has 7 rings (SSSR count). The highest BCUT2D eigenvalue weighted by Gasteiger charge is 2.48. The summed E-state index contributed by atoms with van der Waals surface area (Å²) in [6.45, 7) is 0.539. The zero-order valence-electron chi connectivity index (χ0n) is 19.9. The van der Waals surface area contributed by atoms with Gasteiger partial charge in [-0.15, -0.1) is 0 Å². The van der Waals surface area contributed by atoms with E-state index in [0.29, 0.717) is 34.5 Å². The Morgan fingerprint density at radius 1 is 0.974 bits per heavy atom. The molecule has 0 bridgehead atoms. The summed E-state index contributed by atoms with van der Waals surface area (Å²) in [6, 6.07) is 17.7. The van der Waals surface area contributed by atoms with Crippen LogP contribution in [0.1, 0.15) is 0 Å². The summed E-state index contributed by atoms with van der Waals surface area (Å²) in [5, 5.41) is 10.4. The number of ether oxygens (including phenoxy) is 3. The molecule has 38 heavy (non-hydrogen) atoms. The Balaban J connectivity index is 1.11. The van der Waals surface area contributed by atoms with Gasteiger partial charge in [-0.3, -0.25) is 4.57 Å². The molecule has 5 heterocycles. The third-order valence-corrected chi connectivity index (χ3v) is 7.22. The summed E-state index contributed by atoms with van der Waals surface area (Å²) in [5.74, 6) is 0. The van der Waals surface area contributed by atoms with Crippen molar-refractivity contribution in [3.63, 3.8) is 0 Å². The number of nitrogens with zero attached hydrogens (tertiary/aromatic N) is 3. The highest BCUT2D eigenvalue weighted by molar-refractivity contribution is 6.33. The molecule has 192 valence electrons. The molecule has 5 aromatic rings. The number of rotatable bonds is 5. The molecular formula is C27H22ClN5O5. The van der Waals surface area contributed by atoms with Gasteiger partial charge in [0.05, 0.1) is 35.1 Å². The predicted octanol–water partition coefficient (Wildman–Crippen LogP) is 3.33. The number of hydrogen-bond donors (Lipinski definition) is 3. The van der Waals surface area contributed by atoms with Gasteiger partial charge >= 0.3 is 5.69 Å². The Kier molecular flexibility index (Phi) is 5.55. The van der Waals surface area contributed by atoms with Crippen LogP contribution < -0.4 is 10.4 Å². The molecule has 2 aliphatic rings. The van der Waals surface area contributed by atoms with Crippen molar-refractivity contribution < 1.29 is 19.3 Å². The highest BCUT2D eigenvalue weighted by Crippen LogP contribution is 2.33. The maximum Gasteiger partial charge on any atom is 0.330 e. The fourth-order valence-electron chi connectivity index (χ4n) is 5.00. The first kappa shape index (κ1) is 23.2. The molecule has 4 unspecified atom stereocenters. The van der Waals surface area contributed by atoms with Gasteiger partial charge < -0.3 is 29.3 Å². The van der Waals surface area contributed by atoms with Crippen molar-refractivity contribution in [1.82, 2.24) is 24.5 Å². The molecule has 3 aromatic heterocycles. The van der Waals surface area contributed by atoms with E-state index in [2.05, 4.69) is 19.9 Å². The Labute approximate surface area is 220 Å². The predicted molar refractivity (Wildman–Crippen MR) is 140 cm³/mol. The van der Waals surface area contributed by atoms with E-state index in [-0.39, 0.29) is 30.6 Å². The quantitative estimate of drug-likeness (QED) is 0.317. The minimum atomic E-state index is -0.645. The number of aliphatic hydroxyl groups excluding tert-OH is 1. The number of aliphatic hydroxyl groups is 1. The third kappa shape index (κ3) is 3.98. The van der Waals surface area contributed by atoms with Gasteiger partial charge in [0.2, 0.25) is 0 Å². The molecule has 0 saturated carbocycles. The molecule has 3 N–H and O–H groups in total. The Hall–Kier alpha value is -3.96. The lowest BCUT2D eigenvalue weighted by atomic mass is 10.0. The number of imidazole rings is 2. The van der Waals surface area contributed by atoms with Gasteiger partial charge in [-0.05, 0) is 29.3 Å². The monoisotopic (exact) mass is 531 g/mol. The van der Waals surface area contributed by atoms with Gasteiger partial charge in [-0.1, -0.05) is 48.0 Å². The number of hydrogen-bond acceptors (Lipinski definition) is 7. The summed E-state index contributed by atoms with van der Waals surface area (Å²) in [5.41, 5.74) is 5.23. The van der Waals surface area contributed by atoms with Crippen LogP contribution in [-0.4, -0.2) is 67.2 Å². The van der Waals surface area contributed by atoms with Crippen LogP contribution in [-0.2, 0) is 9.47 Å².